The smallest absolute Gasteiger partial charge is 0.263 e. The van der Waals surface area contributed by atoms with Crippen molar-refractivity contribution in [1.82, 2.24) is 15.6 Å². The maximum atomic E-state index is 12.5. The molecular formula is C17H22Cl2N4O2S. The van der Waals surface area contributed by atoms with Crippen molar-refractivity contribution in [3.8, 4) is 0 Å². The fourth-order valence-corrected chi connectivity index (χ4v) is 3.55. The Morgan fingerprint density at radius 1 is 1.19 bits per heavy atom. The van der Waals surface area contributed by atoms with Crippen LogP contribution in [0.2, 0.25) is 0 Å². The first-order valence-electron chi connectivity index (χ1n) is 7.96. The minimum atomic E-state index is -0.250. The Balaban J connectivity index is 0.00000169. The Kier molecular flexibility index (Phi) is 9.01. The number of carbonyl (C=O) groups excluding carboxylic acids is 2. The molecule has 0 radical (unpaired) electrons. The van der Waals surface area contributed by atoms with Crippen molar-refractivity contribution in [3.63, 3.8) is 0 Å². The van der Waals surface area contributed by atoms with Crippen molar-refractivity contribution in [2.75, 3.05) is 11.9 Å². The number of halogens is 2. The predicted molar refractivity (Wildman–Crippen MR) is 109 cm³/mol. The highest BCUT2D eigenvalue weighted by atomic mass is 35.5. The quantitative estimate of drug-likeness (QED) is 0.714. The van der Waals surface area contributed by atoms with Crippen LogP contribution in [0.15, 0.2) is 36.0 Å². The predicted octanol–water partition coefficient (Wildman–Crippen LogP) is 3.11. The summed E-state index contributed by atoms with van der Waals surface area (Å²) in [5.74, 6) is -0.380. The molecule has 3 N–H and O–H groups in total. The molecule has 2 amide bonds. The van der Waals surface area contributed by atoms with Gasteiger partial charge in [0.2, 0.25) is 0 Å². The fraction of sp³-hybridized carbons (Fsp3) is 0.353. The third-order valence-corrected chi connectivity index (χ3v) is 4.93. The fourth-order valence-electron chi connectivity index (χ4n) is 2.80. The molecule has 1 aliphatic heterocycles. The van der Waals surface area contributed by atoms with E-state index in [-0.39, 0.29) is 42.7 Å². The summed E-state index contributed by atoms with van der Waals surface area (Å²) >= 11 is 1.33. The van der Waals surface area contributed by atoms with Gasteiger partial charge in [-0.05, 0) is 49.9 Å². The molecule has 2 unspecified atom stereocenters. The zero-order valence-corrected chi connectivity index (χ0v) is 16.7. The number of thiophene rings is 1. The van der Waals surface area contributed by atoms with E-state index in [2.05, 4.69) is 27.9 Å². The van der Waals surface area contributed by atoms with Crippen LogP contribution in [-0.4, -0.2) is 35.4 Å². The van der Waals surface area contributed by atoms with Crippen LogP contribution in [0, 0.1) is 0 Å². The van der Waals surface area contributed by atoms with E-state index in [0.29, 0.717) is 22.2 Å². The third kappa shape index (κ3) is 5.67. The lowest BCUT2D eigenvalue weighted by Gasteiger charge is -2.28. The topological polar surface area (TPSA) is 83.1 Å². The zero-order valence-electron chi connectivity index (χ0n) is 14.2. The van der Waals surface area contributed by atoms with E-state index in [9.17, 15) is 9.59 Å². The van der Waals surface area contributed by atoms with Crippen LogP contribution in [0.5, 0.6) is 0 Å². The van der Waals surface area contributed by atoms with Crippen molar-refractivity contribution in [2.24, 2.45) is 0 Å². The molecule has 1 saturated heterocycles. The molecule has 6 nitrogen and oxygen atoms in total. The molecule has 0 saturated carbocycles. The second-order valence-corrected chi connectivity index (χ2v) is 6.82. The van der Waals surface area contributed by atoms with E-state index in [1.165, 1.54) is 11.3 Å². The van der Waals surface area contributed by atoms with E-state index >= 15 is 0 Å². The molecule has 1 fully saturated rings. The van der Waals surface area contributed by atoms with Crippen molar-refractivity contribution < 1.29 is 9.59 Å². The maximum Gasteiger partial charge on any atom is 0.263 e. The van der Waals surface area contributed by atoms with E-state index in [4.69, 9.17) is 0 Å². The molecule has 1 aliphatic rings. The van der Waals surface area contributed by atoms with Gasteiger partial charge < -0.3 is 16.0 Å². The van der Waals surface area contributed by atoms with Crippen LogP contribution in [0.3, 0.4) is 0 Å². The van der Waals surface area contributed by atoms with Gasteiger partial charge in [0.05, 0.1) is 5.69 Å². The van der Waals surface area contributed by atoms with E-state index in [1.54, 1.807) is 30.6 Å². The summed E-state index contributed by atoms with van der Waals surface area (Å²) in [6.45, 7) is 3.02. The highest BCUT2D eigenvalue weighted by Crippen LogP contribution is 2.23. The van der Waals surface area contributed by atoms with Crippen LogP contribution in [-0.2, 0) is 0 Å². The van der Waals surface area contributed by atoms with Crippen LogP contribution >= 0.6 is 36.2 Å². The number of hydrogen-bond donors (Lipinski definition) is 3. The van der Waals surface area contributed by atoms with Gasteiger partial charge in [0.25, 0.3) is 11.8 Å². The van der Waals surface area contributed by atoms with Crippen LogP contribution < -0.4 is 16.0 Å². The van der Waals surface area contributed by atoms with Crippen LogP contribution in [0.1, 0.15) is 39.8 Å². The van der Waals surface area contributed by atoms with Crippen molar-refractivity contribution in [3.05, 3.63) is 46.4 Å². The zero-order chi connectivity index (χ0) is 16.9. The van der Waals surface area contributed by atoms with Gasteiger partial charge in [0.15, 0.2) is 0 Å². The van der Waals surface area contributed by atoms with E-state index in [1.807, 2.05) is 5.38 Å². The van der Waals surface area contributed by atoms with Gasteiger partial charge in [-0.1, -0.05) is 0 Å². The van der Waals surface area contributed by atoms with Gasteiger partial charge in [0.1, 0.15) is 4.88 Å². The SMILES string of the molecule is CC1CC(NC(=O)c2sccc2NC(=O)c2ccncc2)CCN1.Cl.Cl. The Labute approximate surface area is 169 Å². The Bertz CT molecular complexity index is 727. The van der Waals surface area contributed by atoms with Crippen molar-refractivity contribution in [1.29, 1.82) is 0 Å². The first-order chi connectivity index (χ1) is 11.6. The van der Waals surface area contributed by atoms with Crippen LogP contribution in [0.25, 0.3) is 0 Å². The molecule has 142 valence electrons. The lowest BCUT2D eigenvalue weighted by atomic mass is 10.0. The van der Waals surface area contributed by atoms with E-state index in [0.717, 1.165) is 19.4 Å². The minimum absolute atomic E-state index is 0. The number of rotatable bonds is 4. The average Bonchev–Trinajstić information content (AvgIpc) is 3.04. The average molecular weight is 417 g/mol. The second kappa shape index (κ2) is 10.5. The number of piperidine rings is 1. The summed E-state index contributed by atoms with van der Waals surface area (Å²) in [6.07, 6.45) is 4.96. The summed E-state index contributed by atoms with van der Waals surface area (Å²) in [6, 6.07) is 5.59. The summed E-state index contributed by atoms with van der Waals surface area (Å²) in [7, 11) is 0. The number of anilines is 1. The lowest BCUT2D eigenvalue weighted by Crippen LogP contribution is -2.46. The first-order valence-corrected chi connectivity index (χ1v) is 8.84. The number of pyridine rings is 1. The molecule has 2 aromatic rings. The summed E-state index contributed by atoms with van der Waals surface area (Å²) in [4.78, 5) is 29.2. The molecule has 2 aromatic heterocycles. The number of aromatic nitrogens is 1. The van der Waals surface area contributed by atoms with Crippen molar-refractivity contribution >= 4 is 53.7 Å². The molecule has 2 atom stereocenters. The first kappa shape index (κ1) is 22.4. The molecule has 9 heteroatoms. The molecule has 0 spiro atoms. The Morgan fingerprint density at radius 2 is 1.92 bits per heavy atom. The van der Waals surface area contributed by atoms with Gasteiger partial charge in [-0.2, -0.15) is 0 Å². The normalized spacial score (nSPS) is 18.8. The second-order valence-electron chi connectivity index (χ2n) is 5.90. The molecule has 26 heavy (non-hydrogen) atoms. The molecule has 3 heterocycles. The van der Waals surface area contributed by atoms with Gasteiger partial charge in [-0.3, -0.25) is 14.6 Å². The van der Waals surface area contributed by atoms with Crippen LogP contribution in [0.4, 0.5) is 5.69 Å². The summed E-state index contributed by atoms with van der Waals surface area (Å²) < 4.78 is 0. The molecule has 3 rings (SSSR count). The lowest BCUT2D eigenvalue weighted by molar-refractivity contribution is 0.0930. The monoisotopic (exact) mass is 416 g/mol. The summed E-state index contributed by atoms with van der Waals surface area (Å²) in [5, 5.41) is 11.1. The van der Waals surface area contributed by atoms with Gasteiger partial charge in [0, 0.05) is 30.0 Å². The molecular weight excluding hydrogens is 395 g/mol. The molecule has 0 bridgehead atoms. The largest absolute Gasteiger partial charge is 0.348 e. The number of nitrogens with zero attached hydrogens (tertiary/aromatic N) is 1. The van der Waals surface area contributed by atoms with Gasteiger partial charge in [-0.15, -0.1) is 36.2 Å². The van der Waals surface area contributed by atoms with Crippen molar-refractivity contribution in [2.45, 2.75) is 31.8 Å². The number of carbonyl (C=O) groups is 2. The Hall–Kier alpha value is -1.67. The van der Waals surface area contributed by atoms with Gasteiger partial charge in [-0.25, -0.2) is 0 Å². The number of nitrogens with one attached hydrogen (secondary N) is 3. The molecule has 0 aromatic carbocycles. The maximum absolute atomic E-state index is 12.5. The standard InChI is InChI=1S/C17H20N4O2S.2ClH/c1-11-10-13(4-8-19-11)20-17(23)15-14(5-9-24-15)21-16(22)12-2-6-18-7-3-12;;/h2-3,5-7,9,11,13,19H,4,8,10H2,1H3,(H,20,23)(H,21,22);2*1H. The van der Waals surface area contributed by atoms with Gasteiger partial charge >= 0.3 is 0 Å². The summed E-state index contributed by atoms with van der Waals surface area (Å²) in [5.41, 5.74) is 1.05. The number of amides is 2. The molecule has 0 aliphatic carbocycles. The highest BCUT2D eigenvalue weighted by Gasteiger charge is 2.23. The van der Waals surface area contributed by atoms with E-state index < -0.39 is 0 Å². The Morgan fingerprint density at radius 3 is 2.62 bits per heavy atom. The minimum Gasteiger partial charge on any atom is -0.348 e. The number of hydrogen-bond acceptors (Lipinski definition) is 5. The third-order valence-electron chi connectivity index (χ3n) is 4.02. The highest BCUT2D eigenvalue weighted by molar-refractivity contribution is 7.12.